The van der Waals surface area contributed by atoms with E-state index in [0.717, 1.165) is 0 Å². The van der Waals surface area contributed by atoms with Crippen molar-refractivity contribution in [2.24, 2.45) is 0 Å². The van der Waals surface area contributed by atoms with Gasteiger partial charge in [-0.25, -0.2) is 13.2 Å². The lowest BCUT2D eigenvalue weighted by Gasteiger charge is -2.33. The van der Waals surface area contributed by atoms with Crippen LogP contribution in [0.3, 0.4) is 0 Å². The highest BCUT2D eigenvalue weighted by Crippen LogP contribution is 2.21. The monoisotopic (exact) mass is 486 g/mol. The average molecular weight is 487 g/mol. The second-order valence-electron chi connectivity index (χ2n) is 7.22. The summed E-state index contributed by atoms with van der Waals surface area (Å²) in [6, 6.07) is 8.87. The van der Waals surface area contributed by atoms with E-state index in [2.05, 4.69) is 20.5 Å². The number of aromatic nitrogens is 3. The van der Waals surface area contributed by atoms with Crippen molar-refractivity contribution < 1.29 is 27.2 Å². The van der Waals surface area contributed by atoms with Crippen molar-refractivity contribution >= 4 is 28.0 Å². The van der Waals surface area contributed by atoms with Gasteiger partial charge in [0.2, 0.25) is 10.0 Å². The van der Waals surface area contributed by atoms with Crippen molar-refractivity contribution in [2.75, 3.05) is 38.1 Å². The minimum Gasteiger partial charge on any atom is -0.450 e. The van der Waals surface area contributed by atoms with Gasteiger partial charge in [0, 0.05) is 44.1 Å². The van der Waals surface area contributed by atoms with Crippen LogP contribution in [0, 0.1) is 0 Å². The Balaban J connectivity index is 1.38. The lowest BCUT2D eigenvalue weighted by atomic mass is 10.2. The van der Waals surface area contributed by atoms with Gasteiger partial charge in [-0.05, 0) is 43.3 Å². The van der Waals surface area contributed by atoms with E-state index in [-0.39, 0.29) is 55.2 Å². The topological polar surface area (TPSA) is 148 Å². The molecule has 1 aromatic carbocycles. The highest BCUT2D eigenvalue weighted by Gasteiger charge is 2.30. The third-order valence-corrected chi connectivity index (χ3v) is 6.99. The van der Waals surface area contributed by atoms with Crippen molar-refractivity contribution in [1.82, 2.24) is 24.4 Å². The Morgan fingerprint density at radius 2 is 1.82 bits per heavy atom. The molecule has 1 aliphatic heterocycles. The molecule has 0 saturated carbocycles. The second-order valence-corrected chi connectivity index (χ2v) is 9.16. The second kappa shape index (κ2) is 9.97. The molecule has 0 spiro atoms. The molecule has 0 unspecified atom stereocenters. The van der Waals surface area contributed by atoms with Crippen LogP contribution in [-0.2, 0) is 14.8 Å². The number of nitrogens with one attached hydrogen (secondary N) is 1. The number of benzene rings is 1. The lowest BCUT2D eigenvalue weighted by molar-refractivity contribution is 0.0933. The van der Waals surface area contributed by atoms with E-state index in [1.807, 2.05) is 0 Å². The number of anilines is 1. The smallest absolute Gasteiger partial charge is 0.409 e. The first-order valence-corrected chi connectivity index (χ1v) is 11.9. The predicted octanol–water partition coefficient (Wildman–Crippen LogP) is 1.85. The van der Waals surface area contributed by atoms with Crippen LogP contribution in [0.15, 0.2) is 58.1 Å². The van der Waals surface area contributed by atoms with Crippen LogP contribution in [0.2, 0.25) is 0 Å². The Bertz CT molecular complexity index is 1250. The van der Waals surface area contributed by atoms with E-state index in [9.17, 15) is 18.0 Å². The molecule has 4 rings (SSSR count). The Hall–Kier alpha value is -3.84. The summed E-state index contributed by atoms with van der Waals surface area (Å²) < 4.78 is 37.6. The lowest BCUT2D eigenvalue weighted by Crippen LogP contribution is -2.50. The molecular formula is C21H22N6O6S. The van der Waals surface area contributed by atoms with E-state index in [1.54, 1.807) is 31.5 Å². The van der Waals surface area contributed by atoms with Crippen LogP contribution in [0.5, 0.6) is 0 Å². The van der Waals surface area contributed by atoms with Gasteiger partial charge in [0.25, 0.3) is 11.8 Å². The number of amides is 2. The van der Waals surface area contributed by atoms with Crippen LogP contribution in [-0.4, -0.2) is 77.6 Å². The molecule has 3 aromatic rings. The quantitative estimate of drug-likeness (QED) is 0.551. The van der Waals surface area contributed by atoms with Gasteiger partial charge in [-0.3, -0.25) is 15.1 Å². The Kier molecular flexibility index (Phi) is 6.84. The maximum Gasteiger partial charge on any atom is 0.409 e. The summed E-state index contributed by atoms with van der Waals surface area (Å²) in [7, 11) is -3.78. The molecule has 1 fully saturated rings. The molecule has 0 atom stereocenters. The third-order valence-electron chi connectivity index (χ3n) is 5.07. The standard InChI is InChI=1S/C21H22N6O6S/c1-2-32-21(29)26-10-12-27(13-11-26)34(30,31)17-7-5-15(6-8-17)18(28)23-20-25-24-19(33-20)16-4-3-9-22-14-16/h3-9,14H,2,10-13H2,1H3,(H,23,25,28). The summed E-state index contributed by atoms with van der Waals surface area (Å²) in [5.41, 5.74) is 0.820. The van der Waals surface area contributed by atoms with Crippen molar-refractivity contribution in [3.63, 3.8) is 0 Å². The maximum atomic E-state index is 13.0. The molecule has 2 amide bonds. The molecule has 12 nitrogen and oxygen atoms in total. The summed E-state index contributed by atoms with van der Waals surface area (Å²) in [5, 5.41) is 10.1. The molecule has 0 aliphatic carbocycles. The Morgan fingerprint density at radius 1 is 1.09 bits per heavy atom. The minimum atomic E-state index is -3.78. The molecule has 0 radical (unpaired) electrons. The van der Waals surface area contributed by atoms with Gasteiger partial charge in [-0.1, -0.05) is 5.10 Å². The van der Waals surface area contributed by atoms with Crippen molar-refractivity contribution in [3.8, 4) is 11.5 Å². The van der Waals surface area contributed by atoms with Crippen LogP contribution in [0.4, 0.5) is 10.8 Å². The van der Waals surface area contributed by atoms with Crippen molar-refractivity contribution in [3.05, 3.63) is 54.4 Å². The number of ether oxygens (including phenoxy) is 1. The highest BCUT2D eigenvalue weighted by molar-refractivity contribution is 7.89. The van der Waals surface area contributed by atoms with Gasteiger partial charge in [0.15, 0.2) is 0 Å². The molecule has 2 aromatic heterocycles. The summed E-state index contributed by atoms with van der Waals surface area (Å²) in [6.07, 6.45) is 2.70. The number of pyridine rings is 1. The van der Waals surface area contributed by atoms with Gasteiger partial charge in [-0.2, -0.15) is 4.31 Å². The number of piperazine rings is 1. The summed E-state index contributed by atoms with van der Waals surface area (Å²) in [5.74, 6) is -0.332. The van der Waals surface area contributed by atoms with Crippen LogP contribution < -0.4 is 5.32 Å². The van der Waals surface area contributed by atoms with Gasteiger partial charge >= 0.3 is 12.1 Å². The minimum absolute atomic E-state index is 0.0466. The molecular weight excluding hydrogens is 464 g/mol. The zero-order valence-electron chi connectivity index (χ0n) is 18.2. The van der Waals surface area contributed by atoms with Crippen LogP contribution >= 0.6 is 0 Å². The van der Waals surface area contributed by atoms with Gasteiger partial charge < -0.3 is 14.1 Å². The number of sulfonamides is 1. The summed E-state index contributed by atoms with van der Waals surface area (Å²) in [6.45, 7) is 2.76. The van der Waals surface area contributed by atoms with Crippen molar-refractivity contribution in [2.45, 2.75) is 11.8 Å². The zero-order chi connectivity index (χ0) is 24.1. The highest BCUT2D eigenvalue weighted by atomic mass is 32.2. The molecule has 1 N–H and O–H groups in total. The van der Waals surface area contributed by atoms with E-state index >= 15 is 0 Å². The van der Waals surface area contributed by atoms with Gasteiger partial charge in [0.1, 0.15) is 0 Å². The van der Waals surface area contributed by atoms with E-state index in [1.165, 1.54) is 33.5 Å². The molecule has 1 aliphatic rings. The molecule has 34 heavy (non-hydrogen) atoms. The Morgan fingerprint density at radius 3 is 2.47 bits per heavy atom. The first kappa shape index (κ1) is 23.3. The SMILES string of the molecule is CCOC(=O)N1CCN(S(=O)(=O)c2ccc(C(=O)Nc3nnc(-c4cccnc4)o3)cc2)CC1. The van der Waals surface area contributed by atoms with Gasteiger partial charge in [0.05, 0.1) is 17.1 Å². The number of nitrogens with zero attached hydrogens (tertiary/aromatic N) is 5. The first-order chi connectivity index (χ1) is 16.4. The first-order valence-electron chi connectivity index (χ1n) is 10.5. The fourth-order valence-electron chi connectivity index (χ4n) is 3.30. The number of carbonyl (C=O) groups excluding carboxylic acids is 2. The maximum absolute atomic E-state index is 13.0. The molecule has 178 valence electrons. The fraction of sp³-hybridized carbons (Fsp3) is 0.286. The van der Waals surface area contributed by atoms with Crippen molar-refractivity contribution in [1.29, 1.82) is 0 Å². The van der Waals surface area contributed by atoms with Gasteiger partial charge in [-0.15, -0.1) is 5.10 Å². The number of hydrogen-bond donors (Lipinski definition) is 1. The largest absolute Gasteiger partial charge is 0.450 e. The normalized spacial score (nSPS) is 14.6. The third kappa shape index (κ3) is 5.05. The molecule has 13 heteroatoms. The molecule has 1 saturated heterocycles. The zero-order valence-corrected chi connectivity index (χ0v) is 19.1. The molecule has 0 bridgehead atoms. The molecule has 3 heterocycles. The number of hydrogen-bond acceptors (Lipinski definition) is 9. The average Bonchev–Trinajstić information content (AvgIpc) is 3.33. The van der Waals surface area contributed by atoms with E-state index in [4.69, 9.17) is 9.15 Å². The van der Waals surface area contributed by atoms with E-state index in [0.29, 0.717) is 5.56 Å². The summed E-state index contributed by atoms with van der Waals surface area (Å²) >= 11 is 0. The fourth-order valence-corrected chi connectivity index (χ4v) is 4.72. The Labute approximate surface area is 195 Å². The van der Waals surface area contributed by atoms with Crippen LogP contribution in [0.25, 0.3) is 11.5 Å². The summed E-state index contributed by atoms with van der Waals surface area (Å²) in [4.78, 5) is 29.8. The number of rotatable bonds is 6. The van der Waals surface area contributed by atoms with Crippen LogP contribution in [0.1, 0.15) is 17.3 Å². The predicted molar refractivity (Wildman–Crippen MR) is 119 cm³/mol. The number of carbonyl (C=O) groups is 2. The van der Waals surface area contributed by atoms with E-state index < -0.39 is 22.0 Å².